The summed E-state index contributed by atoms with van der Waals surface area (Å²) < 4.78 is 10.6. The molecule has 1 saturated heterocycles. The second-order valence-electron chi connectivity index (χ2n) is 8.39. The third-order valence-electron chi connectivity index (χ3n) is 6.19. The highest BCUT2D eigenvalue weighted by Crippen LogP contribution is 2.41. The van der Waals surface area contributed by atoms with E-state index < -0.39 is 23.7 Å². The van der Waals surface area contributed by atoms with E-state index in [2.05, 4.69) is 0 Å². The second kappa shape index (κ2) is 9.95. The lowest BCUT2D eigenvalue weighted by Crippen LogP contribution is -2.29. The number of amides is 1. The highest BCUT2D eigenvalue weighted by Gasteiger charge is 2.46. The summed E-state index contributed by atoms with van der Waals surface area (Å²) in [7, 11) is 3.05. The van der Waals surface area contributed by atoms with E-state index in [4.69, 9.17) is 9.47 Å². The second-order valence-corrected chi connectivity index (χ2v) is 8.39. The summed E-state index contributed by atoms with van der Waals surface area (Å²) in [6.45, 7) is 1.81. The van der Waals surface area contributed by atoms with Gasteiger partial charge in [0.1, 0.15) is 17.3 Å². The minimum atomic E-state index is -1.06. The Balaban J connectivity index is 1.85. The zero-order valence-corrected chi connectivity index (χ0v) is 20.0. The van der Waals surface area contributed by atoms with Crippen molar-refractivity contribution in [2.75, 3.05) is 14.2 Å². The normalized spacial score (nSPS) is 16.8. The monoisotopic (exact) mass is 487 g/mol. The Morgan fingerprint density at radius 1 is 0.917 bits per heavy atom. The molecule has 4 rings (SSSR count). The third kappa shape index (κ3) is 4.53. The first-order valence-electron chi connectivity index (χ1n) is 11.1. The summed E-state index contributed by atoms with van der Waals surface area (Å²) in [5.41, 5.74) is 2.38. The molecular weight excluding hydrogens is 462 g/mol. The summed E-state index contributed by atoms with van der Waals surface area (Å²) in [4.78, 5) is 39.1. The lowest BCUT2D eigenvalue weighted by atomic mass is 9.93. The van der Waals surface area contributed by atoms with E-state index in [1.807, 2.05) is 0 Å². The number of hydrogen-bond donors (Lipinski definition) is 2. The molecule has 0 bridgehead atoms. The number of methoxy groups -OCH3 is 2. The number of nitrogens with zero attached hydrogens (tertiary/aromatic N) is 1. The molecule has 1 fully saturated rings. The molecule has 1 aliphatic heterocycles. The zero-order valence-electron chi connectivity index (χ0n) is 20.0. The molecule has 0 saturated carbocycles. The molecule has 36 heavy (non-hydrogen) atoms. The maximum atomic E-state index is 13.3. The molecular formula is C28H25NO7. The largest absolute Gasteiger partial charge is 0.507 e. The lowest BCUT2D eigenvalue weighted by molar-refractivity contribution is -0.140. The van der Waals surface area contributed by atoms with Gasteiger partial charge < -0.3 is 24.6 Å². The Morgan fingerprint density at radius 2 is 1.58 bits per heavy atom. The molecule has 2 N–H and O–H groups in total. The number of Topliss-reactive ketones (excluding diaryl/α,β-unsaturated/α-hetero) is 1. The van der Waals surface area contributed by atoms with Crippen molar-refractivity contribution in [3.05, 3.63) is 100 Å². The van der Waals surface area contributed by atoms with Crippen molar-refractivity contribution in [2.45, 2.75) is 19.5 Å². The Hall–Kier alpha value is -4.59. The van der Waals surface area contributed by atoms with Crippen LogP contribution in [0.1, 0.15) is 38.7 Å². The van der Waals surface area contributed by atoms with Gasteiger partial charge in [-0.1, -0.05) is 24.3 Å². The molecule has 0 aliphatic carbocycles. The molecule has 8 nitrogen and oxygen atoms in total. The van der Waals surface area contributed by atoms with Crippen LogP contribution in [0.25, 0.3) is 5.76 Å². The minimum absolute atomic E-state index is 0.0325. The Bertz CT molecular complexity index is 1370. The Morgan fingerprint density at radius 3 is 2.19 bits per heavy atom. The van der Waals surface area contributed by atoms with Crippen molar-refractivity contribution in [2.24, 2.45) is 0 Å². The topological polar surface area (TPSA) is 113 Å². The Labute approximate surface area is 208 Å². The number of aryl methyl sites for hydroxylation is 1. The predicted octanol–water partition coefficient (Wildman–Crippen LogP) is 4.33. The standard InChI is InChI=1S/C28H25NO7/c1-16-13-21(36-3)11-12-22(16)25(30)23-24(19-5-4-6-20(14-19)35-2)29(27(32)26(23)31)15-17-7-9-18(10-8-17)28(33)34/h4-14,24,30H,15H2,1-3H3,(H,33,34)/b25-23-. The Kier molecular flexibility index (Phi) is 6.78. The number of aliphatic hydroxyl groups is 1. The van der Waals surface area contributed by atoms with Crippen LogP contribution in [-0.4, -0.2) is 47.0 Å². The minimum Gasteiger partial charge on any atom is -0.507 e. The number of hydrogen-bond acceptors (Lipinski definition) is 6. The van der Waals surface area contributed by atoms with Gasteiger partial charge in [-0.05, 0) is 66.1 Å². The number of carboxylic acid groups (broad SMARTS) is 1. The van der Waals surface area contributed by atoms with E-state index in [1.54, 1.807) is 61.5 Å². The first kappa shape index (κ1) is 24.5. The quantitative estimate of drug-likeness (QED) is 0.290. The van der Waals surface area contributed by atoms with E-state index in [-0.39, 0.29) is 23.4 Å². The number of rotatable bonds is 7. The predicted molar refractivity (Wildman–Crippen MR) is 132 cm³/mol. The fourth-order valence-electron chi connectivity index (χ4n) is 4.32. The third-order valence-corrected chi connectivity index (χ3v) is 6.19. The SMILES string of the molecule is COc1cccc(C2/C(=C(/O)c3ccc(OC)cc3C)C(=O)C(=O)N2Cc2ccc(C(=O)O)cc2)c1. The summed E-state index contributed by atoms with van der Waals surface area (Å²) in [6.07, 6.45) is 0. The number of aliphatic hydroxyl groups excluding tert-OH is 1. The number of carbonyl (C=O) groups excluding carboxylic acids is 2. The number of carboxylic acids is 1. The van der Waals surface area contributed by atoms with E-state index in [9.17, 15) is 24.6 Å². The van der Waals surface area contributed by atoms with Crippen LogP contribution in [0.4, 0.5) is 0 Å². The van der Waals surface area contributed by atoms with Gasteiger partial charge in [0.15, 0.2) is 0 Å². The van der Waals surface area contributed by atoms with Gasteiger partial charge >= 0.3 is 5.97 Å². The van der Waals surface area contributed by atoms with Crippen molar-refractivity contribution < 1.29 is 34.1 Å². The maximum Gasteiger partial charge on any atom is 0.335 e. The van der Waals surface area contributed by atoms with Crippen molar-refractivity contribution in [1.82, 2.24) is 4.90 Å². The summed E-state index contributed by atoms with van der Waals surface area (Å²) in [5, 5.41) is 20.5. The maximum absolute atomic E-state index is 13.3. The number of ketones is 1. The van der Waals surface area contributed by atoms with Gasteiger partial charge in [0, 0.05) is 12.1 Å². The fourth-order valence-corrected chi connectivity index (χ4v) is 4.32. The van der Waals surface area contributed by atoms with Gasteiger partial charge in [-0.2, -0.15) is 0 Å². The number of aromatic carboxylic acids is 1. The summed E-state index contributed by atoms with van der Waals surface area (Å²) >= 11 is 0. The van der Waals surface area contributed by atoms with E-state index in [1.165, 1.54) is 31.3 Å². The van der Waals surface area contributed by atoms with Crippen LogP contribution in [0.3, 0.4) is 0 Å². The van der Waals surface area contributed by atoms with Crippen LogP contribution in [0.2, 0.25) is 0 Å². The van der Waals surface area contributed by atoms with Crippen molar-refractivity contribution in [3.63, 3.8) is 0 Å². The number of carbonyl (C=O) groups is 3. The van der Waals surface area contributed by atoms with Crippen LogP contribution in [0, 0.1) is 6.92 Å². The summed E-state index contributed by atoms with van der Waals surface area (Å²) in [5.74, 6) is -1.79. The van der Waals surface area contributed by atoms with Gasteiger partial charge in [0.2, 0.25) is 0 Å². The molecule has 1 amide bonds. The van der Waals surface area contributed by atoms with E-state index >= 15 is 0 Å². The van der Waals surface area contributed by atoms with Crippen LogP contribution in [0.15, 0.2) is 72.3 Å². The molecule has 1 heterocycles. The van der Waals surface area contributed by atoms with Gasteiger partial charge in [0.25, 0.3) is 11.7 Å². The highest BCUT2D eigenvalue weighted by atomic mass is 16.5. The van der Waals surface area contributed by atoms with E-state index in [0.29, 0.717) is 33.8 Å². The van der Waals surface area contributed by atoms with Gasteiger partial charge in [-0.15, -0.1) is 0 Å². The van der Waals surface area contributed by atoms with Crippen LogP contribution in [-0.2, 0) is 16.1 Å². The molecule has 1 atom stereocenters. The molecule has 8 heteroatoms. The molecule has 0 radical (unpaired) electrons. The van der Waals surface area contributed by atoms with Crippen molar-refractivity contribution in [1.29, 1.82) is 0 Å². The number of benzene rings is 3. The summed E-state index contributed by atoms with van der Waals surface area (Å²) in [6, 6.07) is 17.2. The fraction of sp³-hybridized carbons (Fsp3) is 0.179. The molecule has 184 valence electrons. The van der Waals surface area contributed by atoms with Crippen molar-refractivity contribution >= 4 is 23.4 Å². The molecule has 3 aromatic rings. The molecule has 1 unspecified atom stereocenters. The van der Waals surface area contributed by atoms with Crippen LogP contribution >= 0.6 is 0 Å². The van der Waals surface area contributed by atoms with Gasteiger partial charge in [-0.3, -0.25) is 9.59 Å². The number of ether oxygens (including phenoxy) is 2. The average Bonchev–Trinajstić information content (AvgIpc) is 3.13. The molecule has 0 aromatic heterocycles. The van der Waals surface area contributed by atoms with Crippen LogP contribution in [0.5, 0.6) is 11.5 Å². The van der Waals surface area contributed by atoms with Crippen molar-refractivity contribution in [3.8, 4) is 11.5 Å². The van der Waals surface area contributed by atoms with Crippen LogP contribution < -0.4 is 9.47 Å². The average molecular weight is 488 g/mol. The first-order valence-corrected chi connectivity index (χ1v) is 11.1. The molecule has 1 aliphatic rings. The lowest BCUT2D eigenvalue weighted by Gasteiger charge is -2.26. The molecule has 0 spiro atoms. The first-order chi connectivity index (χ1) is 17.2. The highest BCUT2D eigenvalue weighted by molar-refractivity contribution is 6.46. The van der Waals surface area contributed by atoms with E-state index in [0.717, 1.165) is 0 Å². The zero-order chi connectivity index (χ0) is 26.0. The van der Waals surface area contributed by atoms with Gasteiger partial charge in [-0.25, -0.2) is 4.79 Å². The smallest absolute Gasteiger partial charge is 0.335 e. The molecule has 3 aromatic carbocycles. The van der Waals surface area contributed by atoms with Gasteiger partial charge in [0.05, 0.1) is 31.4 Å². The number of likely N-dealkylation sites (tertiary alicyclic amines) is 1.